The fraction of sp³-hybridized carbons (Fsp3) is 0.438. The standard InChI is InChI=1S/C16H20ClN5O/c17-13-3-1-2-12(8-13)9-15-10-22(21-20-15)11-16(23)19-14-4-6-18-7-5-14/h1-3,8,10,14,18H,4-7,9,11H2,(H,19,23). The first-order chi connectivity index (χ1) is 11.2. The van der Waals surface area contributed by atoms with E-state index in [1.165, 1.54) is 0 Å². The third-order valence-electron chi connectivity index (χ3n) is 3.87. The van der Waals surface area contributed by atoms with Gasteiger partial charge in [0.05, 0.1) is 5.69 Å². The Bertz CT molecular complexity index is 666. The lowest BCUT2D eigenvalue weighted by atomic mass is 10.1. The van der Waals surface area contributed by atoms with Crippen molar-refractivity contribution in [2.24, 2.45) is 0 Å². The van der Waals surface area contributed by atoms with E-state index in [1.807, 2.05) is 30.5 Å². The molecule has 0 radical (unpaired) electrons. The molecule has 0 aliphatic carbocycles. The van der Waals surface area contributed by atoms with Crippen LogP contribution in [0.5, 0.6) is 0 Å². The number of aromatic nitrogens is 3. The van der Waals surface area contributed by atoms with Crippen molar-refractivity contribution in [1.29, 1.82) is 0 Å². The topological polar surface area (TPSA) is 71.8 Å². The fourth-order valence-electron chi connectivity index (χ4n) is 2.74. The number of hydrogen-bond donors (Lipinski definition) is 2. The maximum Gasteiger partial charge on any atom is 0.242 e. The predicted octanol–water partition coefficient (Wildman–Crippen LogP) is 1.39. The van der Waals surface area contributed by atoms with Gasteiger partial charge >= 0.3 is 0 Å². The van der Waals surface area contributed by atoms with Crippen LogP contribution in [0.1, 0.15) is 24.1 Å². The first-order valence-electron chi connectivity index (χ1n) is 7.82. The van der Waals surface area contributed by atoms with E-state index in [9.17, 15) is 4.79 Å². The molecule has 23 heavy (non-hydrogen) atoms. The van der Waals surface area contributed by atoms with Gasteiger partial charge in [0, 0.05) is 23.7 Å². The first-order valence-corrected chi connectivity index (χ1v) is 8.20. The van der Waals surface area contributed by atoms with Crippen LogP contribution in [0.25, 0.3) is 0 Å². The highest BCUT2D eigenvalue weighted by atomic mass is 35.5. The van der Waals surface area contributed by atoms with E-state index >= 15 is 0 Å². The summed E-state index contributed by atoms with van der Waals surface area (Å²) < 4.78 is 1.58. The summed E-state index contributed by atoms with van der Waals surface area (Å²) in [6.45, 7) is 2.11. The Hall–Kier alpha value is -1.92. The molecular weight excluding hydrogens is 314 g/mol. The quantitative estimate of drug-likeness (QED) is 0.867. The highest BCUT2D eigenvalue weighted by Gasteiger charge is 2.15. The summed E-state index contributed by atoms with van der Waals surface area (Å²) >= 11 is 5.98. The van der Waals surface area contributed by atoms with Gasteiger partial charge in [-0.1, -0.05) is 28.9 Å². The summed E-state index contributed by atoms with van der Waals surface area (Å²) in [5.74, 6) is -0.0175. The molecule has 1 fully saturated rings. The average molecular weight is 334 g/mol. The van der Waals surface area contributed by atoms with Crippen LogP contribution in [0, 0.1) is 0 Å². The molecular formula is C16H20ClN5O. The number of amides is 1. The van der Waals surface area contributed by atoms with Crippen molar-refractivity contribution in [1.82, 2.24) is 25.6 Å². The molecule has 0 saturated carbocycles. The Morgan fingerprint density at radius 3 is 3.00 bits per heavy atom. The molecule has 0 unspecified atom stereocenters. The maximum atomic E-state index is 12.1. The Balaban J connectivity index is 1.53. The molecule has 1 amide bonds. The van der Waals surface area contributed by atoms with E-state index in [-0.39, 0.29) is 18.5 Å². The summed E-state index contributed by atoms with van der Waals surface area (Å²) in [4.78, 5) is 12.1. The second kappa shape index (κ2) is 7.57. The largest absolute Gasteiger partial charge is 0.352 e. The van der Waals surface area contributed by atoms with Crippen LogP contribution < -0.4 is 10.6 Å². The number of hydrogen-bond acceptors (Lipinski definition) is 4. The van der Waals surface area contributed by atoms with Gasteiger partial charge in [-0.05, 0) is 43.6 Å². The number of nitrogens with one attached hydrogen (secondary N) is 2. The summed E-state index contributed by atoms with van der Waals surface area (Å²) in [5.41, 5.74) is 1.89. The molecule has 7 heteroatoms. The number of rotatable bonds is 5. The second-order valence-corrected chi connectivity index (χ2v) is 6.24. The van der Waals surface area contributed by atoms with Crippen molar-refractivity contribution in [2.75, 3.05) is 13.1 Å². The second-order valence-electron chi connectivity index (χ2n) is 5.81. The van der Waals surface area contributed by atoms with Gasteiger partial charge in [0.1, 0.15) is 6.54 Å². The van der Waals surface area contributed by atoms with Crippen LogP contribution in [-0.2, 0) is 17.8 Å². The normalized spacial score (nSPS) is 15.5. The van der Waals surface area contributed by atoms with Gasteiger partial charge in [0.2, 0.25) is 5.91 Å². The zero-order chi connectivity index (χ0) is 16.1. The molecule has 2 heterocycles. The molecule has 6 nitrogen and oxygen atoms in total. The van der Waals surface area contributed by atoms with E-state index in [2.05, 4.69) is 20.9 Å². The molecule has 3 rings (SSSR count). The van der Waals surface area contributed by atoms with Gasteiger partial charge < -0.3 is 10.6 Å². The van der Waals surface area contributed by atoms with E-state index in [4.69, 9.17) is 11.6 Å². The Morgan fingerprint density at radius 1 is 1.39 bits per heavy atom. The van der Waals surface area contributed by atoms with Crippen LogP contribution in [0.3, 0.4) is 0 Å². The van der Waals surface area contributed by atoms with Crippen molar-refractivity contribution in [3.05, 3.63) is 46.7 Å². The molecule has 1 aromatic carbocycles. The lowest BCUT2D eigenvalue weighted by molar-refractivity contribution is -0.122. The highest BCUT2D eigenvalue weighted by Crippen LogP contribution is 2.13. The zero-order valence-electron chi connectivity index (χ0n) is 12.8. The smallest absolute Gasteiger partial charge is 0.242 e. The summed E-state index contributed by atoms with van der Waals surface area (Å²) in [6.07, 6.45) is 4.41. The van der Waals surface area contributed by atoms with Crippen LogP contribution >= 0.6 is 11.6 Å². The lowest BCUT2D eigenvalue weighted by Crippen LogP contribution is -2.43. The molecule has 122 valence electrons. The van der Waals surface area contributed by atoms with Crippen LogP contribution in [0.4, 0.5) is 0 Å². The van der Waals surface area contributed by atoms with Crippen molar-refractivity contribution in [3.63, 3.8) is 0 Å². The molecule has 1 aliphatic heterocycles. The van der Waals surface area contributed by atoms with Gasteiger partial charge in [0.15, 0.2) is 0 Å². The van der Waals surface area contributed by atoms with Gasteiger partial charge in [-0.3, -0.25) is 4.79 Å². The minimum Gasteiger partial charge on any atom is -0.352 e. The zero-order valence-corrected chi connectivity index (χ0v) is 13.6. The maximum absolute atomic E-state index is 12.1. The monoisotopic (exact) mass is 333 g/mol. The molecule has 1 aliphatic rings. The number of nitrogens with zero attached hydrogens (tertiary/aromatic N) is 3. The predicted molar refractivity (Wildman–Crippen MR) is 88.3 cm³/mol. The number of benzene rings is 1. The van der Waals surface area contributed by atoms with Crippen molar-refractivity contribution in [3.8, 4) is 0 Å². The van der Waals surface area contributed by atoms with Crippen molar-refractivity contribution >= 4 is 17.5 Å². The molecule has 0 bridgehead atoms. The summed E-state index contributed by atoms with van der Waals surface area (Å²) in [7, 11) is 0. The van der Waals surface area contributed by atoms with Crippen LogP contribution in [0.2, 0.25) is 5.02 Å². The first kappa shape index (κ1) is 16.0. The third kappa shape index (κ3) is 4.77. The van der Waals surface area contributed by atoms with E-state index in [0.29, 0.717) is 11.4 Å². The van der Waals surface area contributed by atoms with E-state index < -0.39 is 0 Å². The molecule has 0 spiro atoms. The molecule has 0 atom stereocenters. The van der Waals surface area contributed by atoms with Gasteiger partial charge in [-0.25, -0.2) is 4.68 Å². The average Bonchev–Trinajstić information content (AvgIpc) is 2.95. The minimum atomic E-state index is -0.0175. The number of piperidine rings is 1. The van der Waals surface area contributed by atoms with E-state index in [0.717, 1.165) is 37.2 Å². The molecule has 1 aromatic heterocycles. The molecule has 1 saturated heterocycles. The minimum absolute atomic E-state index is 0.0175. The van der Waals surface area contributed by atoms with Crippen molar-refractivity contribution in [2.45, 2.75) is 31.8 Å². The van der Waals surface area contributed by atoms with Crippen LogP contribution in [0.15, 0.2) is 30.5 Å². The lowest BCUT2D eigenvalue weighted by Gasteiger charge is -2.23. The Labute approximate surface area is 140 Å². The number of carbonyl (C=O) groups excluding carboxylic acids is 1. The Morgan fingerprint density at radius 2 is 2.22 bits per heavy atom. The molecule has 2 N–H and O–H groups in total. The van der Waals surface area contributed by atoms with E-state index in [1.54, 1.807) is 4.68 Å². The number of carbonyl (C=O) groups is 1. The van der Waals surface area contributed by atoms with Gasteiger partial charge in [0.25, 0.3) is 0 Å². The number of halogens is 1. The summed E-state index contributed by atoms with van der Waals surface area (Å²) in [6, 6.07) is 7.92. The van der Waals surface area contributed by atoms with Crippen molar-refractivity contribution < 1.29 is 4.79 Å². The Kier molecular flexibility index (Phi) is 5.25. The van der Waals surface area contributed by atoms with Gasteiger partial charge in [-0.2, -0.15) is 0 Å². The highest BCUT2D eigenvalue weighted by molar-refractivity contribution is 6.30. The molecule has 2 aromatic rings. The van der Waals surface area contributed by atoms with Crippen LogP contribution in [-0.4, -0.2) is 40.0 Å². The summed E-state index contributed by atoms with van der Waals surface area (Å²) in [5, 5.41) is 15.2. The fourth-order valence-corrected chi connectivity index (χ4v) is 2.95. The van der Waals surface area contributed by atoms with Gasteiger partial charge in [-0.15, -0.1) is 5.10 Å². The SMILES string of the molecule is O=C(Cn1cc(Cc2cccc(Cl)c2)nn1)NC1CCNCC1. The third-order valence-corrected chi connectivity index (χ3v) is 4.11.